The zero-order chi connectivity index (χ0) is 14.8. The van der Waals surface area contributed by atoms with Crippen molar-refractivity contribution >= 4 is 0 Å². The largest absolute Gasteiger partial charge is 0.493 e. The lowest BCUT2D eigenvalue weighted by atomic mass is 9.85. The molecule has 0 saturated carbocycles. The van der Waals surface area contributed by atoms with E-state index in [1.807, 2.05) is 0 Å². The van der Waals surface area contributed by atoms with Crippen molar-refractivity contribution in [1.82, 2.24) is 0 Å². The van der Waals surface area contributed by atoms with E-state index < -0.39 is 0 Å². The molecule has 112 valence electrons. The van der Waals surface area contributed by atoms with Crippen LogP contribution in [0, 0.1) is 0 Å². The van der Waals surface area contributed by atoms with E-state index in [0.717, 1.165) is 31.6 Å². The normalized spacial score (nSPS) is 21.9. The summed E-state index contributed by atoms with van der Waals surface area (Å²) in [5.74, 6) is 1.05. The Morgan fingerprint density at radius 2 is 1.95 bits per heavy atom. The maximum atomic E-state index is 5.89. The van der Waals surface area contributed by atoms with Gasteiger partial charge in [-0.25, -0.2) is 0 Å². The highest BCUT2D eigenvalue weighted by atomic mass is 16.6. The van der Waals surface area contributed by atoms with Gasteiger partial charge in [-0.15, -0.1) is 0 Å². The third-order valence-corrected chi connectivity index (χ3v) is 3.92. The molecule has 20 heavy (non-hydrogen) atoms. The van der Waals surface area contributed by atoms with E-state index in [4.69, 9.17) is 9.47 Å². The molecule has 0 bridgehead atoms. The summed E-state index contributed by atoms with van der Waals surface area (Å²) in [5, 5.41) is 0. The van der Waals surface area contributed by atoms with E-state index in [9.17, 15) is 0 Å². The van der Waals surface area contributed by atoms with E-state index in [2.05, 4.69) is 52.8 Å². The number of benzene rings is 1. The minimum atomic E-state index is 0.182. The van der Waals surface area contributed by atoms with Crippen LogP contribution < -0.4 is 4.74 Å². The van der Waals surface area contributed by atoms with Gasteiger partial charge >= 0.3 is 0 Å². The van der Waals surface area contributed by atoms with Gasteiger partial charge in [-0.2, -0.15) is 0 Å². The van der Waals surface area contributed by atoms with Crippen molar-refractivity contribution < 1.29 is 9.47 Å². The van der Waals surface area contributed by atoms with Crippen LogP contribution in [-0.2, 0) is 16.6 Å². The molecule has 0 amide bonds. The summed E-state index contributed by atoms with van der Waals surface area (Å²) >= 11 is 0. The molecule has 2 nitrogen and oxygen atoms in total. The van der Waals surface area contributed by atoms with Crippen LogP contribution in [0.15, 0.2) is 18.2 Å². The first kappa shape index (κ1) is 15.4. The van der Waals surface area contributed by atoms with Gasteiger partial charge < -0.3 is 9.47 Å². The second-order valence-electron chi connectivity index (χ2n) is 6.84. The fourth-order valence-electron chi connectivity index (χ4n) is 2.43. The Morgan fingerprint density at radius 1 is 1.25 bits per heavy atom. The maximum absolute atomic E-state index is 5.89. The molecular formula is C18H28O2. The highest BCUT2D eigenvalue weighted by molar-refractivity contribution is 5.40. The molecule has 0 spiro atoms. The first-order valence-electron chi connectivity index (χ1n) is 7.83. The molecule has 1 aromatic rings. The summed E-state index contributed by atoms with van der Waals surface area (Å²) in [6.45, 7) is 11.8. The van der Waals surface area contributed by atoms with Gasteiger partial charge in [-0.1, -0.05) is 39.8 Å². The molecule has 1 saturated heterocycles. The Labute approximate surface area is 123 Å². The summed E-state index contributed by atoms with van der Waals surface area (Å²) < 4.78 is 11.4. The fraction of sp³-hybridized carbons (Fsp3) is 0.667. The number of rotatable bonds is 6. The number of hydrogen-bond acceptors (Lipinski definition) is 2. The first-order valence-corrected chi connectivity index (χ1v) is 7.83. The smallest absolute Gasteiger partial charge is 0.122 e. The van der Waals surface area contributed by atoms with Crippen molar-refractivity contribution in [3.8, 4) is 5.75 Å². The van der Waals surface area contributed by atoms with Gasteiger partial charge in [0.15, 0.2) is 0 Å². The van der Waals surface area contributed by atoms with Crippen LogP contribution in [-0.4, -0.2) is 18.8 Å². The number of epoxide rings is 1. The van der Waals surface area contributed by atoms with E-state index in [1.54, 1.807) is 0 Å². The minimum absolute atomic E-state index is 0.182. The predicted octanol–water partition coefficient (Wildman–Crippen LogP) is 4.49. The molecule has 2 heteroatoms. The highest BCUT2D eigenvalue weighted by Gasteiger charge is 2.33. The Kier molecular flexibility index (Phi) is 4.74. The van der Waals surface area contributed by atoms with Crippen LogP contribution in [0.4, 0.5) is 0 Å². The third kappa shape index (κ3) is 3.99. The van der Waals surface area contributed by atoms with Crippen LogP contribution in [0.2, 0.25) is 0 Å². The SMILES string of the molecule is CCCOc1ccc(C(C)(C)C)cc1CCC1OC1C. The number of aryl methyl sites for hydroxylation is 1. The van der Waals surface area contributed by atoms with Crippen molar-refractivity contribution in [1.29, 1.82) is 0 Å². The average Bonchev–Trinajstić information content (AvgIpc) is 3.09. The lowest BCUT2D eigenvalue weighted by molar-refractivity contribution is 0.312. The summed E-state index contributed by atoms with van der Waals surface area (Å²) in [6, 6.07) is 6.66. The zero-order valence-electron chi connectivity index (χ0n) is 13.5. The van der Waals surface area contributed by atoms with Crippen LogP contribution in [0.5, 0.6) is 5.75 Å². The molecule has 2 rings (SSSR count). The second kappa shape index (κ2) is 6.17. The van der Waals surface area contributed by atoms with Crippen molar-refractivity contribution in [2.75, 3.05) is 6.61 Å². The molecular weight excluding hydrogens is 248 g/mol. The van der Waals surface area contributed by atoms with E-state index in [-0.39, 0.29) is 5.41 Å². The topological polar surface area (TPSA) is 21.8 Å². The van der Waals surface area contributed by atoms with Crippen molar-refractivity contribution in [2.24, 2.45) is 0 Å². The molecule has 1 fully saturated rings. The monoisotopic (exact) mass is 276 g/mol. The average molecular weight is 276 g/mol. The van der Waals surface area contributed by atoms with E-state index in [0.29, 0.717) is 12.2 Å². The van der Waals surface area contributed by atoms with Gasteiger partial charge in [0.25, 0.3) is 0 Å². The van der Waals surface area contributed by atoms with Crippen molar-refractivity contribution in [3.05, 3.63) is 29.3 Å². The summed E-state index contributed by atoms with van der Waals surface area (Å²) in [6.07, 6.45) is 4.08. The lowest BCUT2D eigenvalue weighted by Gasteiger charge is -2.21. The molecule has 2 atom stereocenters. The van der Waals surface area contributed by atoms with Gasteiger partial charge in [0.2, 0.25) is 0 Å². The van der Waals surface area contributed by atoms with Crippen LogP contribution >= 0.6 is 0 Å². The molecule has 1 heterocycles. The van der Waals surface area contributed by atoms with E-state index in [1.165, 1.54) is 11.1 Å². The van der Waals surface area contributed by atoms with Gasteiger partial charge in [0, 0.05) is 0 Å². The highest BCUT2D eigenvalue weighted by Crippen LogP contribution is 2.32. The van der Waals surface area contributed by atoms with Gasteiger partial charge in [0.05, 0.1) is 18.8 Å². The third-order valence-electron chi connectivity index (χ3n) is 3.92. The maximum Gasteiger partial charge on any atom is 0.122 e. The van der Waals surface area contributed by atoms with Crippen molar-refractivity contribution in [2.45, 2.75) is 71.5 Å². The van der Waals surface area contributed by atoms with Gasteiger partial charge in [0.1, 0.15) is 5.75 Å². The Hall–Kier alpha value is -1.02. The Balaban J connectivity index is 2.13. The molecule has 0 N–H and O–H groups in total. The molecule has 0 radical (unpaired) electrons. The van der Waals surface area contributed by atoms with E-state index >= 15 is 0 Å². The molecule has 2 unspecified atom stereocenters. The molecule has 1 aliphatic heterocycles. The number of ether oxygens (including phenoxy) is 2. The predicted molar refractivity (Wildman–Crippen MR) is 83.6 cm³/mol. The standard InChI is InChI=1S/C18H28O2/c1-6-11-19-17-10-8-15(18(3,4)5)12-14(17)7-9-16-13(2)20-16/h8,10,12-13,16H,6-7,9,11H2,1-5H3. The molecule has 1 aliphatic rings. The zero-order valence-corrected chi connectivity index (χ0v) is 13.5. The summed E-state index contributed by atoms with van der Waals surface area (Å²) in [4.78, 5) is 0. The van der Waals surface area contributed by atoms with Gasteiger partial charge in [-0.3, -0.25) is 0 Å². The Morgan fingerprint density at radius 3 is 2.50 bits per heavy atom. The van der Waals surface area contributed by atoms with Crippen LogP contribution in [0.1, 0.15) is 58.6 Å². The Bertz CT molecular complexity index is 445. The summed E-state index contributed by atoms with van der Waals surface area (Å²) in [5.41, 5.74) is 2.89. The minimum Gasteiger partial charge on any atom is -0.493 e. The summed E-state index contributed by atoms with van der Waals surface area (Å²) in [7, 11) is 0. The molecule has 1 aromatic carbocycles. The number of hydrogen-bond donors (Lipinski definition) is 0. The second-order valence-corrected chi connectivity index (χ2v) is 6.84. The quantitative estimate of drug-likeness (QED) is 0.714. The lowest BCUT2D eigenvalue weighted by Crippen LogP contribution is -2.12. The van der Waals surface area contributed by atoms with Crippen LogP contribution in [0.3, 0.4) is 0 Å². The fourth-order valence-corrected chi connectivity index (χ4v) is 2.43. The van der Waals surface area contributed by atoms with Gasteiger partial charge in [-0.05, 0) is 48.8 Å². The first-order chi connectivity index (χ1) is 9.41. The van der Waals surface area contributed by atoms with Crippen LogP contribution in [0.25, 0.3) is 0 Å². The molecule has 0 aromatic heterocycles. The molecule has 0 aliphatic carbocycles. The van der Waals surface area contributed by atoms with Crippen molar-refractivity contribution in [3.63, 3.8) is 0 Å².